The van der Waals surface area contributed by atoms with E-state index in [4.69, 9.17) is 9.47 Å². The predicted molar refractivity (Wildman–Crippen MR) is 86.7 cm³/mol. The molecule has 1 aliphatic rings. The molecule has 0 atom stereocenters. The van der Waals surface area contributed by atoms with Gasteiger partial charge in [-0.05, 0) is 48.0 Å². The van der Waals surface area contributed by atoms with Gasteiger partial charge in [0, 0.05) is 5.56 Å². The van der Waals surface area contributed by atoms with Gasteiger partial charge in [-0.3, -0.25) is 0 Å². The molecule has 0 amide bonds. The molecule has 7 heteroatoms. The average Bonchev–Trinajstić information content (AvgIpc) is 2.96. The zero-order valence-electron chi connectivity index (χ0n) is 13.1. The molecule has 0 spiro atoms. The van der Waals surface area contributed by atoms with Gasteiger partial charge in [0.1, 0.15) is 11.5 Å². The molecule has 1 aliphatic heterocycles. The predicted octanol–water partition coefficient (Wildman–Crippen LogP) is 3.64. The molecule has 3 rings (SSSR count). The summed E-state index contributed by atoms with van der Waals surface area (Å²) in [6, 6.07) is 12.8. The molecule has 0 fully saturated rings. The first-order chi connectivity index (χ1) is 12.0. The van der Waals surface area contributed by atoms with E-state index in [0.29, 0.717) is 11.3 Å². The van der Waals surface area contributed by atoms with Crippen molar-refractivity contribution < 1.29 is 27.8 Å². The van der Waals surface area contributed by atoms with Gasteiger partial charge in [0.15, 0.2) is 5.70 Å². The lowest BCUT2D eigenvalue weighted by Crippen LogP contribution is -2.06. The van der Waals surface area contributed by atoms with Gasteiger partial charge in [-0.1, -0.05) is 12.1 Å². The average molecular weight is 345 g/mol. The number of benzene rings is 2. The van der Waals surface area contributed by atoms with Gasteiger partial charge in [-0.25, -0.2) is 9.79 Å². The monoisotopic (exact) mass is 345 g/mol. The minimum absolute atomic E-state index is 0.0117. The second-order valence-corrected chi connectivity index (χ2v) is 5.01. The maximum Gasteiger partial charge on any atom is 0.387 e. The highest BCUT2D eigenvalue weighted by atomic mass is 19.3. The number of esters is 1. The van der Waals surface area contributed by atoms with Crippen LogP contribution in [0.5, 0.6) is 11.5 Å². The standard InChI is InChI=1S/C18H13F2NO4/c1-23-13-6-2-11(3-7-13)10-15-17(22)25-16(21-15)12-4-8-14(9-5-12)24-18(19)20/h2-10,18H,1H3/b15-10-. The van der Waals surface area contributed by atoms with Crippen molar-refractivity contribution >= 4 is 17.9 Å². The third-order valence-corrected chi connectivity index (χ3v) is 3.37. The Bertz CT molecular complexity index is 827. The number of methoxy groups -OCH3 is 1. The normalized spacial score (nSPS) is 15.3. The van der Waals surface area contributed by atoms with Crippen molar-refractivity contribution in [3.05, 3.63) is 65.4 Å². The number of aliphatic imine (C=N–C) groups is 1. The number of ether oxygens (including phenoxy) is 3. The molecule has 25 heavy (non-hydrogen) atoms. The van der Waals surface area contributed by atoms with Crippen LogP contribution in [0.15, 0.2) is 59.2 Å². The van der Waals surface area contributed by atoms with Crippen LogP contribution in [-0.4, -0.2) is 25.6 Å². The van der Waals surface area contributed by atoms with Crippen molar-refractivity contribution in [2.24, 2.45) is 4.99 Å². The summed E-state index contributed by atoms with van der Waals surface area (Å²) >= 11 is 0. The van der Waals surface area contributed by atoms with Crippen LogP contribution in [0.4, 0.5) is 8.78 Å². The van der Waals surface area contributed by atoms with Crippen LogP contribution in [-0.2, 0) is 9.53 Å². The van der Waals surface area contributed by atoms with Gasteiger partial charge in [0.2, 0.25) is 5.90 Å². The van der Waals surface area contributed by atoms with E-state index in [1.165, 1.54) is 24.3 Å². The molecule has 0 bridgehead atoms. The lowest BCUT2D eigenvalue weighted by atomic mass is 10.2. The summed E-state index contributed by atoms with van der Waals surface area (Å²) in [4.78, 5) is 16.1. The number of halogens is 2. The fourth-order valence-corrected chi connectivity index (χ4v) is 2.17. The van der Waals surface area contributed by atoms with Crippen LogP contribution in [0.3, 0.4) is 0 Å². The highest BCUT2D eigenvalue weighted by Gasteiger charge is 2.24. The van der Waals surface area contributed by atoms with Crippen LogP contribution in [0, 0.1) is 0 Å². The Labute approximate surface area is 142 Å². The van der Waals surface area contributed by atoms with Crippen molar-refractivity contribution in [1.29, 1.82) is 0 Å². The van der Waals surface area contributed by atoms with E-state index in [1.54, 1.807) is 37.5 Å². The summed E-state index contributed by atoms with van der Waals surface area (Å²) in [6.45, 7) is -2.90. The Balaban J connectivity index is 1.80. The SMILES string of the molecule is COc1ccc(/C=C2\N=C(c3ccc(OC(F)F)cc3)OC2=O)cc1. The Kier molecular flexibility index (Phi) is 4.74. The number of rotatable bonds is 5. The highest BCUT2D eigenvalue weighted by Crippen LogP contribution is 2.22. The highest BCUT2D eigenvalue weighted by molar-refractivity contribution is 6.12. The lowest BCUT2D eigenvalue weighted by Gasteiger charge is -2.04. The number of cyclic esters (lactones) is 1. The quantitative estimate of drug-likeness (QED) is 0.613. The molecule has 0 saturated heterocycles. The Morgan fingerprint density at radius 1 is 1.04 bits per heavy atom. The molecular formula is C18H13F2NO4. The topological polar surface area (TPSA) is 57.1 Å². The van der Waals surface area contributed by atoms with Crippen molar-refractivity contribution in [3.8, 4) is 11.5 Å². The Hall–Kier alpha value is -3.22. The second-order valence-electron chi connectivity index (χ2n) is 5.01. The summed E-state index contributed by atoms with van der Waals surface area (Å²) in [6.07, 6.45) is 1.59. The summed E-state index contributed by atoms with van der Waals surface area (Å²) in [5, 5.41) is 0. The lowest BCUT2D eigenvalue weighted by molar-refractivity contribution is -0.129. The molecule has 0 aliphatic carbocycles. The van der Waals surface area contributed by atoms with E-state index >= 15 is 0 Å². The van der Waals surface area contributed by atoms with Gasteiger partial charge in [-0.2, -0.15) is 8.78 Å². The molecule has 0 saturated carbocycles. The van der Waals surface area contributed by atoms with Crippen LogP contribution in [0.2, 0.25) is 0 Å². The number of nitrogens with zero attached hydrogens (tertiary/aromatic N) is 1. The van der Waals surface area contributed by atoms with Crippen molar-refractivity contribution in [2.75, 3.05) is 7.11 Å². The van der Waals surface area contributed by atoms with Gasteiger partial charge in [0.25, 0.3) is 0 Å². The number of alkyl halides is 2. The number of carbonyl (C=O) groups excluding carboxylic acids is 1. The Morgan fingerprint density at radius 3 is 2.28 bits per heavy atom. The minimum Gasteiger partial charge on any atom is -0.497 e. The largest absolute Gasteiger partial charge is 0.497 e. The summed E-state index contributed by atoms with van der Waals surface area (Å²) in [5.41, 5.74) is 1.39. The maximum absolute atomic E-state index is 12.1. The van der Waals surface area contributed by atoms with Gasteiger partial charge in [0.05, 0.1) is 7.11 Å². The molecule has 128 valence electrons. The van der Waals surface area contributed by atoms with E-state index in [-0.39, 0.29) is 17.3 Å². The number of hydrogen-bond acceptors (Lipinski definition) is 5. The van der Waals surface area contributed by atoms with E-state index < -0.39 is 12.6 Å². The van der Waals surface area contributed by atoms with Crippen LogP contribution < -0.4 is 9.47 Å². The fourth-order valence-electron chi connectivity index (χ4n) is 2.17. The molecule has 2 aromatic carbocycles. The van der Waals surface area contributed by atoms with Gasteiger partial charge < -0.3 is 14.2 Å². The molecule has 0 aromatic heterocycles. The maximum atomic E-state index is 12.1. The minimum atomic E-state index is -2.90. The molecule has 0 radical (unpaired) electrons. The number of hydrogen-bond donors (Lipinski definition) is 0. The van der Waals surface area contributed by atoms with E-state index in [2.05, 4.69) is 9.73 Å². The van der Waals surface area contributed by atoms with E-state index in [0.717, 1.165) is 5.56 Å². The van der Waals surface area contributed by atoms with Crippen molar-refractivity contribution in [2.45, 2.75) is 6.61 Å². The first kappa shape index (κ1) is 16.6. The van der Waals surface area contributed by atoms with Gasteiger partial charge >= 0.3 is 12.6 Å². The first-order valence-corrected chi connectivity index (χ1v) is 7.27. The fraction of sp³-hybridized carbons (Fsp3) is 0.111. The number of carbonyl (C=O) groups is 1. The summed E-state index contributed by atoms with van der Waals surface area (Å²) in [5.74, 6) is 0.233. The second kappa shape index (κ2) is 7.12. The van der Waals surface area contributed by atoms with Gasteiger partial charge in [-0.15, -0.1) is 0 Å². The summed E-state index contributed by atoms with van der Waals surface area (Å²) < 4.78 is 38.8. The van der Waals surface area contributed by atoms with Crippen molar-refractivity contribution in [3.63, 3.8) is 0 Å². The molecule has 0 unspecified atom stereocenters. The van der Waals surface area contributed by atoms with E-state index in [9.17, 15) is 13.6 Å². The van der Waals surface area contributed by atoms with Crippen LogP contribution in [0.1, 0.15) is 11.1 Å². The molecular weight excluding hydrogens is 332 g/mol. The van der Waals surface area contributed by atoms with Crippen LogP contribution >= 0.6 is 0 Å². The summed E-state index contributed by atoms with van der Waals surface area (Å²) in [7, 11) is 1.57. The smallest absolute Gasteiger partial charge is 0.387 e. The molecule has 2 aromatic rings. The molecule has 0 N–H and O–H groups in total. The molecule has 5 nitrogen and oxygen atoms in total. The zero-order valence-corrected chi connectivity index (χ0v) is 13.1. The third kappa shape index (κ3) is 4.00. The Morgan fingerprint density at radius 2 is 1.68 bits per heavy atom. The third-order valence-electron chi connectivity index (χ3n) is 3.37. The van der Waals surface area contributed by atoms with Crippen molar-refractivity contribution in [1.82, 2.24) is 0 Å². The van der Waals surface area contributed by atoms with E-state index in [1.807, 2.05) is 0 Å². The van der Waals surface area contributed by atoms with Crippen LogP contribution in [0.25, 0.3) is 6.08 Å². The first-order valence-electron chi connectivity index (χ1n) is 7.27. The zero-order chi connectivity index (χ0) is 17.8. The molecule has 1 heterocycles.